The lowest BCUT2D eigenvalue weighted by molar-refractivity contribution is -0.162. The smallest absolute Gasteiger partial charge is 0.192 e. The number of para-hydroxylation sites is 1. The molecule has 4 aliphatic carbocycles. The maximum atomic E-state index is 7.14. The van der Waals surface area contributed by atoms with Crippen molar-refractivity contribution < 1.29 is 18.6 Å². The second-order valence-electron chi connectivity index (χ2n) is 19.1. The van der Waals surface area contributed by atoms with Crippen molar-refractivity contribution in [3.8, 4) is 5.75 Å². The minimum absolute atomic E-state index is 0.0794. The Morgan fingerprint density at radius 3 is 2.30 bits per heavy atom. The van der Waals surface area contributed by atoms with Gasteiger partial charge in [0.15, 0.2) is 14.1 Å². The first-order chi connectivity index (χ1) is 21.9. The fourth-order valence-corrected chi connectivity index (χ4v) is 13.0. The average molecular weight is 665 g/mol. The molecule has 5 heteroatoms. The van der Waals surface area contributed by atoms with Crippen LogP contribution in [0.5, 0.6) is 5.75 Å². The third-order valence-electron chi connectivity index (χ3n) is 15.1. The van der Waals surface area contributed by atoms with E-state index in [2.05, 4.69) is 92.7 Å². The van der Waals surface area contributed by atoms with E-state index in [9.17, 15) is 0 Å². The van der Waals surface area contributed by atoms with Crippen LogP contribution in [-0.2, 0) is 13.9 Å². The molecule has 5 aliphatic rings. The van der Waals surface area contributed by atoms with Crippen molar-refractivity contribution in [1.29, 1.82) is 0 Å². The molecule has 1 aromatic carbocycles. The van der Waals surface area contributed by atoms with Crippen LogP contribution < -0.4 is 4.74 Å². The van der Waals surface area contributed by atoms with Crippen molar-refractivity contribution >= 4 is 8.32 Å². The normalized spacial score (nSPS) is 39.4. The molecule has 0 amide bonds. The molecule has 0 radical (unpaired) electrons. The van der Waals surface area contributed by atoms with Gasteiger partial charge in [-0.15, -0.1) is 0 Å². The summed E-state index contributed by atoms with van der Waals surface area (Å²) in [5.74, 6) is 4.74. The van der Waals surface area contributed by atoms with Crippen LogP contribution in [-0.4, -0.2) is 33.4 Å². The van der Waals surface area contributed by atoms with Crippen molar-refractivity contribution in [2.24, 2.45) is 46.3 Å². The highest BCUT2D eigenvalue weighted by Gasteiger charge is 2.65. The summed E-state index contributed by atoms with van der Waals surface area (Å²) in [5, 5.41) is 0.168. The van der Waals surface area contributed by atoms with Gasteiger partial charge in [0, 0.05) is 5.56 Å². The molecule has 0 N–H and O–H groups in total. The van der Waals surface area contributed by atoms with Crippen molar-refractivity contribution in [2.45, 2.75) is 162 Å². The zero-order chi connectivity index (χ0) is 34.2. The van der Waals surface area contributed by atoms with E-state index < -0.39 is 14.1 Å². The lowest BCUT2D eigenvalue weighted by Crippen LogP contribution is -2.58. The summed E-state index contributed by atoms with van der Waals surface area (Å²) in [7, 11) is -0.168. The summed E-state index contributed by atoms with van der Waals surface area (Å²) in [6.45, 7) is 28.8. The molecule has 1 unspecified atom stereocenters. The molecule has 47 heavy (non-hydrogen) atoms. The van der Waals surface area contributed by atoms with Gasteiger partial charge in [0.1, 0.15) is 5.75 Å². The summed E-state index contributed by atoms with van der Waals surface area (Å²) in [4.78, 5) is 0. The lowest BCUT2D eigenvalue weighted by Gasteiger charge is -2.62. The maximum absolute atomic E-state index is 7.14. The van der Waals surface area contributed by atoms with E-state index in [-0.39, 0.29) is 23.4 Å². The largest absolute Gasteiger partial charge is 0.496 e. The topological polar surface area (TPSA) is 36.9 Å². The molecule has 4 nitrogen and oxygen atoms in total. The number of ether oxygens (including phenoxy) is 3. The van der Waals surface area contributed by atoms with E-state index in [1.165, 1.54) is 56.1 Å². The third kappa shape index (κ3) is 6.25. The van der Waals surface area contributed by atoms with Crippen molar-refractivity contribution in [2.75, 3.05) is 7.11 Å². The number of rotatable bonds is 9. The Morgan fingerprint density at radius 2 is 1.60 bits per heavy atom. The molecule has 1 saturated heterocycles. The van der Waals surface area contributed by atoms with Gasteiger partial charge in [-0.3, -0.25) is 0 Å². The van der Waals surface area contributed by atoms with Crippen molar-refractivity contribution in [1.82, 2.24) is 0 Å². The zero-order valence-corrected chi connectivity index (χ0v) is 32.9. The highest BCUT2D eigenvalue weighted by molar-refractivity contribution is 6.74. The monoisotopic (exact) mass is 664 g/mol. The molecule has 1 aliphatic heterocycles. The van der Waals surface area contributed by atoms with E-state index in [1.807, 2.05) is 0 Å². The molecule has 0 bridgehead atoms. The fraction of sp³-hybridized carbons (Fsp3) is 0.810. The molecular weight excluding hydrogens is 597 g/mol. The minimum Gasteiger partial charge on any atom is -0.496 e. The van der Waals surface area contributed by atoms with Crippen LogP contribution in [0.25, 0.3) is 0 Å². The Kier molecular flexibility index (Phi) is 9.54. The lowest BCUT2D eigenvalue weighted by atomic mass is 9.43. The van der Waals surface area contributed by atoms with Crippen LogP contribution >= 0.6 is 0 Å². The van der Waals surface area contributed by atoms with E-state index in [0.717, 1.165) is 48.7 Å². The Bertz CT molecular complexity index is 1300. The van der Waals surface area contributed by atoms with Crippen LogP contribution in [0, 0.1) is 46.3 Å². The third-order valence-corrected chi connectivity index (χ3v) is 19.6. The first kappa shape index (κ1) is 35.7. The Hall–Kier alpha value is -1.14. The van der Waals surface area contributed by atoms with E-state index in [4.69, 9.17) is 25.2 Å². The minimum atomic E-state index is -1.96. The predicted octanol–water partition coefficient (Wildman–Crippen LogP) is 11.5. The number of allylic oxidation sites excluding steroid dienone is 1. The number of methoxy groups -OCH3 is 1. The fourth-order valence-electron chi connectivity index (χ4n) is 11.7. The molecule has 11 atom stereocenters. The summed E-state index contributed by atoms with van der Waals surface area (Å²) in [6.07, 6.45) is 13.1. The van der Waals surface area contributed by atoms with Crippen LogP contribution in [0.4, 0.5) is 0 Å². The van der Waals surface area contributed by atoms with Crippen molar-refractivity contribution in [3.05, 3.63) is 42.0 Å². The quantitative estimate of drug-likeness (QED) is 0.194. The highest BCUT2D eigenvalue weighted by atomic mass is 28.4. The first-order valence-corrected chi connectivity index (χ1v) is 22.2. The van der Waals surface area contributed by atoms with Gasteiger partial charge in [0.2, 0.25) is 0 Å². The number of hydrogen-bond donors (Lipinski definition) is 0. The molecule has 1 aromatic rings. The Morgan fingerprint density at radius 1 is 0.915 bits per heavy atom. The van der Waals surface area contributed by atoms with E-state index in [0.29, 0.717) is 22.7 Å². The summed E-state index contributed by atoms with van der Waals surface area (Å²) >= 11 is 0. The molecular formula is C42H68O4Si. The Labute approximate surface area is 289 Å². The Balaban J connectivity index is 1.14. The standard InChI is InChI=1S/C42H68O4Si/c1-27(16-15-19-35(46-47(11,12)39(3,4)5)29-17-13-14-18-34(29)43-10)30-20-21-31-37-28(2)26-33-38-36(44-40(6,7)45-38)23-25-42(33,9)32(37)22-24-41(30,31)8/h13-14,17-18,27,30-33,35-38H,2,15-16,19-26H2,1,3-12H3/t27-,30-,31+,32+,33+,35?,36+,37+,38-,41-,42-/m1/s1. The maximum Gasteiger partial charge on any atom is 0.192 e. The van der Waals surface area contributed by atoms with Gasteiger partial charge in [-0.2, -0.15) is 0 Å². The predicted molar refractivity (Wildman–Crippen MR) is 196 cm³/mol. The van der Waals surface area contributed by atoms with Gasteiger partial charge in [-0.05, 0) is 136 Å². The first-order valence-electron chi connectivity index (χ1n) is 19.3. The zero-order valence-electron chi connectivity index (χ0n) is 31.9. The second-order valence-corrected chi connectivity index (χ2v) is 23.9. The van der Waals surface area contributed by atoms with Gasteiger partial charge in [0.25, 0.3) is 0 Å². The molecule has 4 saturated carbocycles. The second kappa shape index (κ2) is 12.6. The van der Waals surface area contributed by atoms with E-state index >= 15 is 0 Å². The van der Waals surface area contributed by atoms with Crippen LogP contribution in [0.2, 0.25) is 18.1 Å². The van der Waals surface area contributed by atoms with Crippen LogP contribution in [0.3, 0.4) is 0 Å². The molecule has 264 valence electrons. The van der Waals surface area contributed by atoms with Gasteiger partial charge >= 0.3 is 0 Å². The summed E-state index contributed by atoms with van der Waals surface area (Å²) in [6, 6.07) is 8.53. The molecule has 0 aromatic heterocycles. The molecule has 5 fully saturated rings. The summed E-state index contributed by atoms with van der Waals surface area (Å²) in [5.41, 5.74) is 3.50. The average Bonchev–Trinajstić information content (AvgIpc) is 3.51. The molecule has 6 rings (SSSR count). The SMILES string of the molecule is C=C1C[C@H]2[C@H]3OC(C)(C)O[C@H]3CC[C@]2(C)[C@H]2CC[C@]3(C)[C@@H]([C@H](C)CCCC(O[Si](C)(C)C(C)(C)C)c4ccccc4OC)CC[C@H]3[C@H]12. The number of benzene rings is 1. The summed E-state index contributed by atoms with van der Waals surface area (Å²) < 4.78 is 26.0. The number of fused-ring (bicyclic) bond motifs is 7. The van der Waals surface area contributed by atoms with Gasteiger partial charge in [0.05, 0.1) is 25.4 Å². The van der Waals surface area contributed by atoms with Crippen molar-refractivity contribution in [3.63, 3.8) is 0 Å². The molecule has 0 spiro atoms. The van der Waals surface area contributed by atoms with Gasteiger partial charge in [-0.1, -0.05) is 84.7 Å². The van der Waals surface area contributed by atoms with Crippen LogP contribution in [0.1, 0.15) is 131 Å². The highest BCUT2D eigenvalue weighted by Crippen LogP contribution is 2.70. The number of hydrogen-bond acceptors (Lipinski definition) is 4. The van der Waals surface area contributed by atoms with Gasteiger partial charge < -0.3 is 18.6 Å². The molecule has 1 heterocycles. The van der Waals surface area contributed by atoms with Gasteiger partial charge in [-0.25, -0.2) is 0 Å². The van der Waals surface area contributed by atoms with E-state index in [1.54, 1.807) is 7.11 Å². The van der Waals surface area contributed by atoms with Crippen LogP contribution in [0.15, 0.2) is 36.4 Å².